The second-order valence-corrected chi connectivity index (χ2v) is 9.40. The number of aryl methyl sites for hydroxylation is 1. The van der Waals surface area contributed by atoms with Gasteiger partial charge in [0.2, 0.25) is 0 Å². The Balaban J connectivity index is 1.60. The van der Waals surface area contributed by atoms with Gasteiger partial charge in [0.25, 0.3) is 5.91 Å². The van der Waals surface area contributed by atoms with Crippen LogP contribution in [0.3, 0.4) is 0 Å². The summed E-state index contributed by atoms with van der Waals surface area (Å²) < 4.78 is 93.4. The molecule has 2 fully saturated rings. The molecule has 1 aliphatic carbocycles. The van der Waals surface area contributed by atoms with Gasteiger partial charge in [-0.1, -0.05) is 18.2 Å². The van der Waals surface area contributed by atoms with Crippen LogP contribution in [0.5, 0.6) is 0 Å². The van der Waals surface area contributed by atoms with Crippen LogP contribution in [0.1, 0.15) is 48.3 Å². The van der Waals surface area contributed by atoms with E-state index in [1.54, 1.807) is 4.90 Å². The lowest BCUT2D eigenvalue weighted by Crippen LogP contribution is -2.56. The number of piperidine rings is 1. The van der Waals surface area contributed by atoms with Crippen molar-refractivity contribution in [3.8, 4) is 0 Å². The van der Waals surface area contributed by atoms with Crippen LogP contribution >= 0.6 is 0 Å². The molecule has 2 atom stereocenters. The number of hydrogen-bond acceptors (Lipinski definition) is 3. The molecule has 2 unspecified atom stereocenters. The molecule has 0 bridgehead atoms. The van der Waals surface area contributed by atoms with E-state index in [9.17, 15) is 40.6 Å². The summed E-state index contributed by atoms with van der Waals surface area (Å²) in [5.74, 6) is -0.660. The minimum absolute atomic E-state index is 0.112. The number of nitrogens with zero attached hydrogens (tertiary/aromatic N) is 2. The molecule has 33 heavy (non-hydrogen) atoms. The maximum atomic E-state index is 14.5. The first-order chi connectivity index (χ1) is 15.2. The summed E-state index contributed by atoms with van der Waals surface area (Å²) in [5, 5.41) is 10.9. The Hall–Kier alpha value is -1.88. The summed E-state index contributed by atoms with van der Waals surface area (Å²) >= 11 is 0. The molecule has 1 N–H and O–H groups in total. The van der Waals surface area contributed by atoms with Crippen molar-refractivity contribution in [1.29, 1.82) is 0 Å². The lowest BCUT2D eigenvalue weighted by molar-refractivity contribution is -0.348. The Labute approximate surface area is 186 Å². The molecule has 184 valence electrons. The highest BCUT2D eigenvalue weighted by Crippen LogP contribution is 2.54. The van der Waals surface area contributed by atoms with Crippen molar-refractivity contribution in [2.75, 3.05) is 26.7 Å². The lowest BCUT2D eigenvalue weighted by Gasteiger charge is -2.41. The summed E-state index contributed by atoms with van der Waals surface area (Å²) in [4.78, 5) is 16.8. The quantitative estimate of drug-likeness (QED) is 0.647. The number of benzene rings is 1. The maximum absolute atomic E-state index is 14.5. The van der Waals surface area contributed by atoms with Crippen molar-refractivity contribution < 1.29 is 40.6 Å². The molecule has 4 nitrogen and oxygen atoms in total. The molecule has 3 aliphatic rings. The molecular formula is C22H25F7N2O2. The third kappa shape index (κ3) is 3.80. The largest absolute Gasteiger partial charge is 0.435 e. The predicted octanol–water partition coefficient (Wildman–Crippen LogP) is 4.06. The van der Waals surface area contributed by atoms with Gasteiger partial charge in [0.05, 0.1) is 0 Å². The van der Waals surface area contributed by atoms with Crippen LogP contribution in [0.2, 0.25) is 0 Å². The van der Waals surface area contributed by atoms with Crippen molar-refractivity contribution in [2.45, 2.75) is 67.7 Å². The fraction of sp³-hybridized carbons (Fsp3) is 0.682. The normalized spacial score (nSPS) is 26.2. The van der Waals surface area contributed by atoms with Crippen molar-refractivity contribution in [3.05, 3.63) is 34.9 Å². The van der Waals surface area contributed by atoms with Gasteiger partial charge < -0.3 is 14.9 Å². The monoisotopic (exact) mass is 482 g/mol. The van der Waals surface area contributed by atoms with E-state index in [0.717, 1.165) is 6.07 Å². The highest BCUT2D eigenvalue weighted by atomic mass is 19.4. The van der Waals surface area contributed by atoms with Gasteiger partial charge >= 0.3 is 18.0 Å². The number of rotatable bonds is 2. The zero-order valence-electron chi connectivity index (χ0n) is 17.9. The lowest BCUT2D eigenvalue weighted by atomic mass is 9.77. The fourth-order valence-electron chi connectivity index (χ4n) is 5.48. The van der Waals surface area contributed by atoms with Crippen LogP contribution in [0.25, 0.3) is 0 Å². The van der Waals surface area contributed by atoms with Gasteiger partial charge in [-0.2, -0.15) is 26.3 Å². The summed E-state index contributed by atoms with van der Waals surface area (Å²) in [6, 6.07) is 2.05. The van der Waals surface area contributed by atoms with E-state index in [1.165, 1.54) is 0 Å². The SMILES string of the molecule is CN1CCC(O)(C(=O)N2CCC3c4ccc(C(F)(C(F)(F)F)C(F)(F)F)cc4CCC32)CC1. The number of fused-ring (bicyclic) bond motifs is 3. The molecule has 0 radical (unpaired) electrons. The molecular weight excluding hydrogens is 457 g/mol. The number of alkyl halides is 7. The number of halogens is 7. The van der Waals surface area contributed by atoms with E-state index < -0.39 is 29.2 Å². The number of aliphatic hydroxyl groups is 1. The van der Waals surface area contributed by atoms with Gasteiger partial charge in [-0.3, -0.25) is 4.79 Å². The molecule has 4 rings (SSSR count). The van der Waals surface area contributed by atoms with Crippen LogP contribution in [-0.2, 0) is 16.9 Å². The molecule has 11 heteroatoms. The van der Waals surface area contributed by atoms with Gasteiger partial charge in [0.15, 0.2) is 0 Å². The van der Waals surface area contributed by atoms with Crippen molar-refractivity contribution in [3.63, 3.8) is 0 Å². The second kappa shape index (κ2) is 7.83. The van der Waals surface area contributed by atoms with E-state index >= 15 is 0 Å². The minimum Gasteiger partial charge on any atom is -0.380 e. The van der Waals surface area contributed by atoms with Gasteiger partial charge in [-0.05, 0) is 50.3 Å². The Morgan fingerprint density at radius 2 is 1.61 bits per heavy atom. The van der Waals surface area contributed by atoms with E-state index in [0.29, 0.717) is 63.0 Å². The first kappa shape index (κ1) is 24.3. The highest BCUT2D eigenvalue weighted by Gasteiger charge is 2.73. The fourth-order valence-corrected chi connectivity index (χ4v) is 5.48. The van der Waals surface area contributed by atoms with Crippen molar-refractivity contribution in [1.82, 2.24) is 9.80 Å². The van der Waals surface area contributed by atoms with E-state index in [4.69, 9.17) is 0 Å². The van der Waals surface area contributed by atoms with Crippen molar-refractivity contribution >= 4 is 5.91 Å². The Bertz CT molecular complexity index is 908. The zero-order chi connectivity index (χ0) is 24.4. The third-order valence-corrected chi connectivity index (χ3v) is 7.45. The van der Waals surface area contributed by atoms with Crippen LogP contribution in [0, 0.1) is 0 Å². The van der Waals surface area contributed by atoms with Crippen molar-refractivity contribution in [2.24, 2.45) is 0 Å². The number of amides is 1. The number of carbonyl (C=O) groups is 1. The Kier molecular flexibility index (Phi) is 5.75. The minimum atomic E-state index is -6.16. The summed E-state index contributed by atoms with van der Waals surface area (Å²) in [6.07, 6.45) is -10.8. The molecule has 1 amide bonds. The molecule has 2 aliphatic heterocycles. The number of likely N-dealkylation sites (tertiary alicyclic amines) is 2. The first-order valence-electron chi connectivity index (χ1n) is 10.9. The zero-order valence-corrected chi connectivity index (χ0v) is 17.9. The standard InChI is InChI=1S/C22H25F7N2O2/c1-30-10-7-19(33,8-11-30)18(32)31-9-6-16-15-4-3-14(12-13(15)2-5-17(16)31)20(23,21(24,25)26)22(27,28)29/h3-4,12,16-17,33H,2,5-11H2,1H3. The molecule has 0 aromatic heterocycles. The van der Waals surface area contributed by atoms with Crippen LogP contribution in [0.15, 0.2) is 18.2 Å². The topological polar surface area (TPSA) is 43.8 Å². The van der Waals surface area contributed by atoms with E-state index in [2.05, 4.69) is 0 Å². The molecule has 0 spiro atoms. The Morgan fingerprint density at radius 3 is 2.18 bits per heavy atom. The second-order valence-electron chi connectivity index (χ2n) is 9.40. The summed E-state index contributed by atoms with van der Waals surface area (Å²) in [7, 11) is 1.89. The van der Waals surface area contributed by atoms with E-state index in [-0.39, 0.29) is 29.9 Å². The Morgan fingerprint density at radius 1 is 1.00 bits per heavy atom. The van der Waals surface area contributed by atoms with Gasteiger partial charge in [0.1, 0.15) is 5.60 Å². The molecule has 2 saturated heterocycles. The molecule has 2 heterocycles. The maximum Gasteiger partial charge on any atom is 0.435 e. The smallest absolute Gasteiger partial charge is 0.380 e. The van der Waals surface area contributed by atoms with Crippen LogP contribution < -0.4 is 0 Å². The van der Waals surface area contributed by atoms with Gasteiger partial charge in [-0.15, -0.1) is 0 Å². The van der Waals surface area contributed by atoms with Crippen LogP contribution in [-0.4, -0.2) is 71.5 Å². The van der Waals surface area contributed by atoms with E-state index in [1.807, 2.05) is 11.9 Å². The highest BCUT2D eigenvalue weighted by molar-refractivity contribution is 5.86. The van der Waals surface area contributed by atoms with Gasteiger partial charge in [0, 0.05) is 37.2 Å². The van der Waals surface area contributed by atoms with Crippen LogP contribution in [0.4, 0.5) is 30.7 Å². The molecule has 0 saturated carbocycles. The molecule has 1 aromatic carbocycles. The number of carbonyl (C=O) groups excluding carboxylic acids is 1. The number of hydrogen-bond donors (Lipinski definition) is 1. The van der Waals surface area contributed by atoms with Gasteiger partial charge in [-0.25, -0.2) is 4.39 Å². The average molecular weight is 482 g/mol. The third-order valence-electron chi connectivity index (χ3n) is 7.45. The predicted molar refractivity (Wildman–Crippen MR) is 104 cm³/mol. The average Bonchev–Trinajstić information content (AvgIpc) is 3.17. The summed E-state index contributed by atoms with van der Waals surface area (Å²) in [6.45, 7) is 1.48. The first-order valence-corrected chi connectivity index (χ1v) is 10.9. The summed E-state index contributed by atoms with van der Waals surface area (Å²) in [5.41, 5.74) is -7.64. The molecule has 1 aromatic rings.